The van der Waals surface area contributed by atoms with Crippen molar-refractivity contribution in [3.8, 4) is 11.3 Å². The molecule has 1 aliphatic heterocycles. The largest absolute Gasteiger partial charge is 0.370 e. The number of hydrogen-bond acceptors (Lipinski definition) is 7. The maximum absolute atomic E-state index is 12.7. The first-order valence-corrected chi connectivity index (χ1v) is 11.9. The number of hydrogen-bond donors (Lipinski definition) is 2. The van der Waals surface area contributed by atoms with Gasteiger partial charge < -0.3 is 20.3 Å². The van der Waals surface area contributed by atoms with Crippen molar-refractivity contribution in [3.05, 3.63) is 95.3 Å². The fourth-order valence-corrected chi connectivity index (χ4v) is 4.26. The Morgan fingerprint density at radius 1 is 1.03 bits per heavy atom. The number of ether oxygens (including phenoxy) is 1. The van der Waals surface area contributed by atoms with Gasteiger partial charge in [0.05, 0.1) is 30.7 Å². The predicted octanol–water partition coefficient (Wildman–Crippen LogP) is 3.62. The molecule has 1 aliphatic rings. The van der Waals surface area contributed by atoms with E-state index >= 15 is 0 Å². The summed E-state index contributed by atoms with van der Waals surface area (Å²) in [4.78, 5) is 27.7. The second-order valence-electron chi connectivity index (χ2n) is 8.32. The number of benzene rings is 1. The Labute approximate surface area is 213 Å². The molecule has 182 valence electrons. The summed E-state index contributed by atoms with van der Waals surface area (Å²) in [5, 5.41) is 6.77. The second kappa shape index (κ2) is 10.6. The van der Waals surface area contributed by atoms with Crippen LogP contribution in [0.25, 0.3) is 11.3 Å². The molecular weight excluding hydrogens is 474 g/mol. The fourth-order valence-electron chi connectivity index (χ4n) is 4.02. The van der Waals surface area contributed by atoms with Gasteiger partial charge in [-0.2, -0.15) is 0 Å². The van der Waals surface area contributed by atoms with Crippen molar-refractivity contribution in [1.82, 2.24) is 19.5 Å². The maximum Gasteiger partial charge on any atom is 0.255 e. The van der Waals surface area contributed by atoms with Crippen LogP contribution in [-0.4, -0.2) is 44.3 Å². The van der Waals surface area contributed by atoms with Crippen LogP contribution in [0.3, 0.4) is 0 Å². The lowest BCUT2D eigenvalue weighted by atomic mass is 10.1. The van der Waals surface area contributed by atoms with Crippen molar-refractivity contribution in [1.29, 1.82) is 0 Å². The average Bonchev–Trinajstić information content (AvgIpc) is 2.91. The number of pyridine rings is 2. The van der Waals surface area contributed by atoms with Gasteiger partial charge in [-0.05, 0) is 54.2 Å². The van der Waals surface area contributed by atoms with Crippen LogP contribution in [0, 0.1) is 0 Å². The van der Waals surface area contributed by atoms with E-state index in [0.29, 0.717) is 36.5 Å². The molecule has 0 aliphatic carbocycles. The molecule has 0 spiro atoms. The molecular formula is C26H25N7O2S. The minimum atomic E-state index is -0.158. The maximum atomic E-state index is 12.7. The molecule has 36 heavy (non-hydrogen) atoms. The van der Waals surface area contributed by atoms with Gasteiger partial charge in [0, 0.05) is 49.5 Å². The first kappa shape index (κ1) is 23.6. The van der Waals surface area contributed by atoms with E-state index in [0.717, 1.165) is 22.5 Å². The molecule has 0 unspecified atom stereocenters. The van der Waals surface area contributed by atoms with E-state index < -0.39 is 0 Å². The Morgan fingerprint density at radius 2 is 1.81 bits per heavy atom. The van der Waals surface area contributed by atoms with Gasteiger partial charge >= 0.3 is 0 Å². The minimum absolute atomic E-state index is 0.110. The van der Waals surface area contributed by atoms with Gasteiger partial charge in [-0.3, -0.25) is 19.3 Å². The van der Waals surface area contributed by atoms with Gasteiger partial charge in [0.15, 0.2) is 5.11 Å². The van der Waals surface area contributed by atoms with Crippen LogP contribution in [-0.2, 0) is 11.8 Å². The lowest BCUT2D eigenvalue weighted by molar-refractivity contribution is 0.0390. The highest BCUT2D eigenvalue weighted by Gasteiger charge is 2.25. The summed E-state index contributed by atoms with van der Waals surface area (Å²) in [6.45, 7) is 1.75. The fraction of sp³-hybridized carbons (Fsp3) is 0.192. The molecule has 4 heterocycles. The monoisotopic (exact) mass is 499 g/mol. The minimum Gasteiger partial charge on any atom is -0.370 e. The molecule has 1 fully saturated rings. The molecule has 3 aromatic heterocycles. The van der Waals surface area contributed by atoms with Crippen molar-refractivity contribution in [2.45, 2.75) is 6.10 Å². The Morgan fingerprint density at radius 3 is 2.56 bits per heavy atom. The molecule has 0 amide bonds. The smallest absolute Gasteiger partial charge is 0.255 e. The second-order valence-corrected chi connectivity index (χ2v) is 8.73. The number of aromatic nitrogens is 4. The number of nitrogens with one attached hydrogen (secondary N) is 2. The number of nitrogens with zero attached hydrogens (tertiary/aromatic N) is 5. The van der Waals surface area contributed by atoms with E-state index in [-0.39, 0.29) is 11.7 Å². The normalized spacial score (nSPS) is 15.4. The Balaban J connectivity index is 1.29. The average molecular weight is 500 g/mol. The third kappa shape index (κ3) is 5.40. The third-order valence-electron chi connectivity index (χ3n) is 5.90. The van der Waals surface area contributed by atoms with Crippen LogP contribution >= 0.6 is 12.2 Å². The number of anilines is 3. The number of morpholine rings is 1. The van der Waals surface area contributed by atoms with E-state index in [2.05, 4.69) is 25.5 Å². The lowest BCUT2D eigenvalue weighted by Crippen LogP contribution is -2.41. The van der Waals surface area contributed by atoms with Crippen molar-refractivity contribution >= 4 is 34.7 Å². The van der Waals surface area contributed by atoms with Gasteiger partial charge in [0.1, 0.15) is 6.10 Å². The Bertz CT molecular complexity index is 1400. The van der Waals surface area contributed by atoms with Crippen molar-refractivity contribution in [2.24, 2.45) is 7.05 Å². The molecule has 2 N–H and O–H groups in total. The molecule has 0 bridgehead atoms. The van der Waals surface area contributed by atoms with Crippen molar-refractivity contribution in [2.75, 3.05) is 35.2 Å². The molecule has 4 aromatic rings. The van der Waals surface area contributed by atoms with Crippen molar-refractivity contribution < 1.29 is 4.74 Å². The zero-order chi connectivity index (χ0) is 24.9. The summed E-state index contributed by atoms with van der Waals surface area (Å²) in [5.41, 5.74) is 4.09. The third-order valence-corrected chi connectivity index (χ3v) is 6.10. The molecule has 5 rings (SSSR count). The highest BCUT2D eigenvalue weighted by molar-refractivity contribution is 7.80. The summed E-state index contributed by atoms with van der Waals surface area (Å²) in [7, 11) is 1.74. The van der Waals surface area contributed by atoms with Crippen LogP contribution in [0.1, 0.15) is 11.7 Å². The Kier molecular flexibility index (Phi) is 6.96. The molecule has 0 saturated carbocycles. The first-order valence-electron chi connectivity index (χ1n) is 11.5. The molecule has 10 heteroatoms. The van der Waals surface area contributed by atoms with Crippen LogP contribution in [0.4, 0.5) is 17.3 Å². The standard InChI is InChI=1S/C26H25N7O2S/c1-32-24(34)15-22(18-8-11-27-12-9-18)31-26(32)33-13-14-35-23(17-33)19-4-6-20(7-5-19)29-25(36)30-21-3-2-10-28-16-21/h2-12,15-16,23H,13-14,17H2,1H3,(H2,29,30,36)/t23-/m1/s1. The molecule has 0 radical (unpaired) electrons. The summed E-state index contributed by atoms with van der Waals surface area (Å²) in [6, 6.07) is 17.0. The van der Waals surface area contributed by atoms with Gasteiger partial charge in [-0.1, -0.05) is 12.1 Å². The number of rotatable bonds is 5. The van der Waals surface area contributed by atoms with E-state index in [4.69, 9.17) is 21.9 Å². The number of thiocarbonyl (C=S) groups is 1. The first-order chi connectivity index (χ1) is 17.6. The van der Waals surface area contributed by atoms with Crippen LogP contribution < -0.4 is 21.1 Å². The zero-order valence-corrected chi connectivity index (χ0v) is 20.5. The van der Waals surface area contributed by atoms with Gasteiger partial charge in [-0.25, -0.2) is 4.98 Å². The van der Waals surface area contributed by atoms with E-state index in [9.17, 15) is 4.79 Å². The predicted molar refractivity (Wildman–Crippen MR) is 144 cm³/mol. The van der Waals surface area contributed by atoms with E-state index in [1.54, 1.807) is 42.5 Å². The summed E-state index contributed by atoms with van der Waals surface area (Å²) >= 11 is 5.39. The summed E-state index contributed by atoms with van der Waals surface area (Å²) in [5.74, 6) is 0.618. The topological polar surface area (TPSA) is 97.2 Å². The van der Waals surface area contributed by atoms with E-state index in [1.165, 1.54) is 0 Å². The highest BCUT2D eigenvalue weighted by Crippen LogP contribution is 2.27. The highest BCUT2D eigenvalue weighted by atomic mass is 32.1. The van der Waals surface area contributed by atoms with E-state index in [1.807, 2.05) is 48.5 Å². The van der Waals surface area contributed by atoms with Crippen molar-refractivity contribution in [3.63, 3.8) is 0 Å². The van der Waals surface area contributed by atoms with Crippen LogP contribution in [0.15, 0.2) is 84.2 Å². The lowest BCUT2D eigenvalue weighted by Gasteiger charge is -2.34. The van der Waals surface area contributed by atoms with Crippen LogP contribution in [0.2, 0.25) is 0 Å². The van der Waals surface area contributed by atoms with Gasteiger partial charge in [0.25, 0.3) is 5.56 Å². The molecule has 1 atom stereocenters. The summed E-state index contributed by atoms with van der Waals surface area (Å²) in [6.07, 6.45) is 6.65. The van der Waals surface area contributed by atoms with Gasteiger partial charge in [-0.15, -0.1) is 0 Å². The SMILES string of the molecule is Cn1c(N2CCO[C@@H](c3ccc(NC(=S)Nc4cccnc4)cc3)C2)nc(-c2ccncc2)cc1=O. The quantitative estimate of drug-likeness (QED) is 0.399. The van der Waals surface area contributed by atoms with Gasteiger partial charge in [0.2, 0.25) is 5.95 Å². The summed E-state index contributed by atoms with van der Waals surface area (Å²) < 4.78 is 7.65. The molecule has 1 aromatic carbocycles. The van der Waals surface area contributed by atoms with Crippen LogP contribution in [0.5, 0.6) is 0 Å². The zero-order valence-electron chi connectivity index (χ0n) is 19.7. The Hall–Kier alpha value is -4.15. The molecule has 9 nitrogen and oxygen atoms in total. The molecule has 1 saturated heterocycles.